The lowest BCUT2D eigenvalue weighted by atomic mass is 10.1. The van der Waals surface area contributed by atoms with Gasteiger partial charge in [-0.2, -0.15) is 0 Å². The van der Waals surface area contributed by atoms with Crippen molar-refractivity contribution in [3.63, 3.8) is 0 Å². The highest BCUT2D eigenvalue weighted by Gasteiger charge is 2.15. The zero-order valence-corrected chi connectivity index (χ0v) is 10.9. The first-order valence-electron chi connectivity index (χ1n) is 5.94. The van der Waals surface area contributed by atoms with E-state index in [4.69, 9.17) is 5.11 Å². The molecule has 1 N–H and O–H groups in total. The van der Waals surface area contributed by atoms with Gasteiger partial charge in [-0.05, 0) is 38.8 Å². The van der Waals surface area contributed by atoms with Gasteiger partial charge in [0.15, 0.2) is 0 Å². The van der Waals surface area contributed by atoms with E-state index in [1.807, 2.05) is 6.92 Å². The standard InChI is InChI=1S/C13H20N2O2/c1-5-6-15(9(2)3)12-10(4)7-11(8-14-12)13(16)17/h7-9H,5-6H2,1-4H3,(H,16,17). The molecule has 1 aromatic rings. The van der Waals surface area contributed by atoms with Crippen LogP contribution in [0.1, 0.15) is 43.1 Å². The van der Waals surface area contributed by atoms with Gasteiger partial charge in [0.2, 0.25) is 0 Å². The van der Waals surface area contributed by atoms with Gasteiger partial charge >= 0.3 is 5.97 Å². The average Bonchev–Trinajstić information content (AvgIpc) is 2.26. The molecule has 0 fully saturated rings. The third-order valence-electron chi connectivity index (χ3n) is 2.66. The Morgan fingerprint density at radius 1 is 1.53 bits per heavy atom. The number of pyridine rings is 1. The Labute approximate surface area is 102 Å². The summed E-state index contributed by atoms with van der Waals surface area (Å²) in [5.74, 6) is -0.0504. The van der Waals surface area contributed by atoms with Crippen molar-refractivity contribution in [3.8, 4) is 0 Å². The van der Waals surface area contributed by atoms with E-state index in [1.54, 1.807) is 6.07 Å². The molecule has 0 saturated carbocycles. The van der Waals surface area contributed by atoms with Crippen molar-refractivity contribution in [2.45, 2.75) is 40.2 Å². The molecule has 0 unspecified atom stereocenters. The van der Waals surface area contributed by atoms with Crippen molar-refractivity contribution in [1.29, 1.82) is 0 Å². The second kappa shape index (κ2) is 5.66. The molecule has 0 bridgehead atoms. The minimum atomic E-state index is -0.932. The van der Waals surface area contributed by atoms with E-state index in [-0.39, 0.29) is 5.56 Å². The zero-order valence-electron chi connectivity index (χ0n) is 10.9. The summed E-state index contributed by atoms with van der Waals surface area (Å²) in [7, 11) is 0. The summed E-state index contributed by atoms with van der Waals surface area (Å²) >= 11 is 0. The Hall–Kier alpha value is -1.58. The van der Waals surface area contributed by atoms with Crippen molar-refractivity contribution < 1.29 is 9.90 Å². The molecule has 17 heavy (non-hydrogen) atoms. The number of aromatic nitrogens is 1. The normalized spacial score (nSPS) is 10.6. The van der Waals surface area contributed by atoms with Crippen molar-refractivity contribution in [2.75, 3.05) is 11.4 Å². The van der Waals surface area contributed by atoms with Gasteiger partial charge in [0, 0.05) is 18.8 Å². The summed E-state index contributed by atoms with van der Waals surface area (Å²) < 4.78 is 0. The fraction of sp³-hybridized carbons (Fsp3) is 0.538. The summed E-state index contributed by atoms with van der Waals surface area (Å²) in [4.78, 5) is 17.3. The SMILES string of the molecule is CCCN(c1ncc(C(=O)O)cc1C)C(C)C. The minimum absolute atomic E-state index is 0.242. The molecular formula is C13H20N2O2. The third kappa shape index (κ3) is 3.19. The Morgan fingerprint density at radius 3 is 2.59 bits per heavy atom. The molecule has 1 heterocycles. The van der Waals surface area contributed by atoms with Gasteiger partial charge in [-0.1, -0.05) is 6.92 Å². The lowest BCUT2D eigenvalue weighted by Gasteiger charge is -2.28. The highest BCUT2D eigenvalue weighted by atomic mass is 16.4. The maximum atomic E-state index is 10.8. The molecule has 0 radical (unpaired) electrons. The summed E-state index contributed by atoms with van der Waals surface area (Å²) in [5.41, 5.74) is 1.15. The largest absolute Gasteiger partial charge is 0.478 e. The van der Waals surface area contributed by atoms with E-state index in [2.05, 4.69) is 30.7 Å². The fourth-order valence-electron chi connectivity index (χ4n) is 1.83. The van der Waals surface area contributed by atoms with Crippen molar-refractivity contribution in [2.24, 2.45) is 0 Å². The van der Waals surface area contributed by atoms with Crippen LogP contribution in [0, 0.1) is 6.92 Å². The van der Waals surface area contributed by atoms with E-state index in [0.717, 1.165) is 24.3 Å². The van der Waals surface area contributed by atoms with Crippen LogP contribution >= 0.6 is 0 Å². The van der Waals surface area contributed by atoms with Crippen molar-refractivity contribution in [3.05, 3.63) is 23.4 Å². The lowest BCUT2D eigenvalue weighted by Crippen LogP contribution is -2.32. The molecule has 0 atom stereocenters. The van der Waals surface area contributed by atoms with Crippen LogP contribution in [-0.2, 0) is 0 Å². The summed E-state index contributed by atoms with van der Waals surface area (Å²) in [5, 5.41) is 8.90. The average molecular weight is 236 g/mol. The maximum absolute atomic E-state index is 10.8. The first kappa shape index (κ1) is 13.5. The number of nitrogens with zero attached hydrogens (tertiary/aromatic N) is 2. The summed E-state index contributed by atoms with van der Waals surface area (Å²) in [6.07, 6.45) is 2.47. The van der Waals surface area contributed by atoms with Gasteiger partial charge in [-0.25, -0.2) is 9.78 Å². The van der Waals surface area contributed by atoms with Crippen LogP contribution in [0.4, 0.5) is 5.82 Å². The van der Waals surface area contributed by atoms with Crippen LogP contribution in [0.15, 0.2) is 12.3 Å². The van der Waals surface area contributed by atoms with Gasteiger partial charge in [0.1, 0.15) is 5.82 Å². The summed E-state index contributed by atoms with van der Waals surface area (Å²) in [6.45, 7) is 9.18. The van der Waals surface area contributed by atoms with E-state index in [1.165, 1.54) is 6.20 Å². The van der Waals surface area contributed by atoms with Gasteiger partial charge in [-0.15, -0.1) is 0 Å². The lowest BCUT2D eigenvalue weighted by molar-refractivity contribution is 0.0696. The van der Waals surface area contributed by atoms with Crippen LogP contribution < -0.4 is 4.90 Å². The number of anilines is 1. The van der Waals surface area contributed by atoms with Crippen LogP contribution in [0.25, 0.3) is 0 Å². The predicted molar refractivity (Wildman–Crippen MR) is 68.7 cm³/mol. The molecule has 94 valence electrons. The molecule has 4 heteroatoms. The Bertz CT molecular complexity index is 402. The van der Waals surface area contributed by atoms with Gasteiger partial charge in [0.25, 0.3) is 0 Å². The highest BCUT2D eigenvalue weighted by molar-refractivity contribution is 5.87. The number of hydrogen-bond donors (Lipinski definition) is 1. The van der Waals surface area contributed by atoms with Crippen molar-refractivity contribution in [1.82, 2.24) is 4.98 Å². The molecule has 0 aliphatic rings. The number of aromatic carboxylic acids is 1. The molecule has 0 aliphatic heterocycles. The molecule has 0 aliphatic carbocycles. The third-order valence-corrected chi connectivity index (χ3v) is 2.66. The topological polar surface area (TPSA) is 53.4 Å². The molecule has 4 nitrogen and oxygen atoms in total. The number of aryl methyl sites for hydroxylation is 1. The molecule has 0 saturated heterocycles. The number of carboxylic acid groups (broad SMARTS) is 1. The first-order valence-corrected chi connectivity index (χ1v) is 5.94. The number of carbonyl (C=O) groups is 1. The number of rotatable bonds is 5. The zero-order chi connectivity index (χ0) is 13.0. The Balaban J connectivity index is 3.08. The monoisotopic (exact) mass is 236 g/mol. The predicted octanol–water partition coefficient (Wildman–Crippen LogP) is 2.71. The minimum Gasteiger partial charge on any atom is -0.478 e. The van der Waals surface area contributed by atoms with Gasteiger partial charge in [0.05, 0.1) is 5.56 Å². The van der Waals surface area contributed by atoms with Crippen LogP contribution in [0.2, 0.25) is 0 Å². The van der Waals surface area contributed by atoms with Crippen LogP contribution in [-0.4, -0.2) is 28.6 Å². The van der Waals surface area contributed by atoms with Crippen LogP contribution in [0.5, 0.6) is 0 Å². The Morgan fingerprint density at radius 2 is 2.18 bits per heavy atom. The van der Waals surface area contributed by atoms with E-state index in [0.29, 0.717) is 6.04 Å². The van der Waals surface area contributed by atoms with E-state index in [9.17, 15) is 4.79 Å². The van der Waals surface area contributed by atoms with Gasteiger partial charge in [-0.3, -0.25) is 0 Å². The maximum Gasteiger partial charge on any atom is 0.337 e. The Kier molecular flexibility index (Phi) is 4.49. The number of hydrogen-bond acceptors (Lipinski definition) is 3. The smallest absolute Gasteiger partial charge is 0.337 e. The molecule has 0 amide bonds. The summed E-state index contributed by atoms with van der Waals surface area (Å²) in [6, 6.07) is 2.03. The molecule has 0 aromatic carbocycles. The molecule has 1 aromatic heterocycles. The fourth-order valence-corrected chi connectivity index (χ4v) is 1.83. The second-order valence-electron chi connectivity index (χ2n) is 4.46. The second-order valence-corrected chi connectivity index (χ2v) is 4.46. The molecule has 1 rings (SSSR count). The quantitative estimate of drug-likeness (QED) is 0.854. The highest BCUT2D eigenvalue weighted by Crippen LogP contribution is 2.20. The van der Waals surface area contributed by atoms with Gasteiger partial charge < -0.3 is 10.0 Å². The van der Waals surface area contributed by atoms with Crippen LogP contribution in [0.3, 0.4) is 0 Å². The van der Waals surface area contributed by atoms with E-state index < -0.39 is 5.97 Å². The molecular weight excluding hydrogens is 216 g/mol. The first-order chi connectivity index (χ1) is 7.97. The van der Waals surface area contributed by atoms with Crippen molar-refractivity contribution >= 4 is 11.8 Å². The van der Waals surface area contributed by atoms with E-state index >= 15 is 0 Å². The molecule has 0 spiro atoms. The number of carboxylic acids is 1.